The molecule has 0 unspecified atom stereocenters. The third kappa shape index (κ3) is 3.62. The highest BCUT2D eigenvalue weighted by Gasteiger charge is 2.29. The molecule has 1 heterocycles. The Hall–Kier alpha value is -1.72. The van der Waals surface area contributed by atoms with Crippen molar-refractivity contribution >= 4 is 11.7 Å². The van der Waals surface area contributed by atoms with Crippen LogP contribution in [0, 0.1) is 5.41 Å². The standard InChI is InChI=1S/C13H22N4O2/c1-8(2)17-7-14-16-11(17)9(3)15-12(19)10(18)13(4,5)6/h7-9H,1-6H3,(H,15,19)/t9-/m0/s1. The zero-order valence-electron chi connectivity index (χ0n) is 12.4. The van der Waals surface area contributed by atoms with Crippen LogP contribution in [-0.4, -0.2) is 26.5 Å². The Morgan fingerprint density at radius 1 is 1.26 bits per heavy atom. The van der Waals surface area contributed by atoms with E-state index in [9.17, 15) is 9.59 Å². The Morgan fingerprint density at radius 3 is 2.32 bits per heavy atom. The molecule has 1 amide bonds. The van der Waals surface area contributed by atoms with Gasteiger partial charge >= 0.3 is 0 Å². The molecule has 0 aliphatic carbocycles. The molecule has 1 aromatic heterocycles. The van der Waals surface area contributed by atoms with E-state index in [1.54, 1.807) is 34.0 Å². The lowest BCUT2D eigenvalue weighted by Crippen LogP contribution is -2.40. The van der Waals surface area contributed by atoms with E-state index in [-0.39, 0.29) is 12.1 Å². The Bertz CT molecular complexity index is 471. The largest absolute Gasteiger partial charge is 0.340 e. The summed E-state index contributed by atoms with van der Waals surface area (Å²) in [5.41, 5.74) is -0.685. The maximum absolute atomic E-state index is 11.9. The first-order valence-corrected chi connectivity index (χ1v) is 6.39. The van der Waals surface area contributed by atoms with Gasteiger partial charge in [-0.1, -0.05) is 20.8 Å². The second-order valence-electron chi connectivity index (χ2n) is 5.96. The Kier molecular flexibility index (Phi) is 4.44. The summed E-state index contributed by atoms with van der Waals surface area (Å²) in [6, 6.07) is -0.161. The fraction of sp³-hybridized carbons (Fsp3) is 0.692. The Labute approximate surface area is 113 Å². The minimum Gasteiger partial charge on any atom is -0.340 e. The molecule has 0 aliphatic rings. The lowest BCUT2D eigenvalue weighted by atomic mass is 9.90. The van der Waals surface area contributed by atoms with Gasteiger partial charge in [-0.25, -0.2) is 0 Å². The second-order valence-corrected chi connectivity index (χ2v) is 5.96. The van der Waals surface area contributed by atoms with E-state index in [2.05, 4.69) is 15.5 Å². The summed E-state index contributed by atoms with van der Waals surface area (Å²) in [6.45, 7) is 10.9. The number of amides is 1. The molecule has 1 N–H and O–H groups in total. The molecule has 0 bridgehead atoms. The van der Waals surface area contributed by atoms with Crippen molar-refractivity contribution in [3.05, 3.63) is 12.2 Å². The maximum Gasteiger partial charge on any atom is 0.288 e. The molecule has 0 saturated carbocycles. The molecular weight excluding hydrogens is 244 g/mol. The zero-order valence-corrected chi connectivity index (χ0v) is 12.4. The SMILES string of the molecule is CC(C)n1cnnc1[C@H](C)NC(=O)C(=O)C(C)(C)C. The molecule has 0 fully saturated rings. The maximum atomic E-state index is 11.9. The molecule has 1 rings (SSSR count). The van der Waals surface area contributed by atoms with Gasteiger partial charge in [-0.3, -0.25) is 9.59 Å². The number of hydrogen-bond acceptors (Lipinski definition) is 4. The van der Waals surface area contributed by atoms with Crippen LogP contribution < -0.4 is 5.32 Å². The molecule has 0 aromatic carbocycles. The number of aromatic nitrogens is 3. The molecule has 0 radical (unpaired) electrons. The Balaban J connectivity index is 2.80. The summed E-state index contributed by atoms with van der Waals surface area (Å²) < 4.78 is 1.87. The Morgan fingerprint density at radius 2 is 1.84 bits per heavy atom. The van der Waals surface area contributed by atoms with E-state index in [4.69, 9.17) is 0 Å². The quantitative estimate of drug-likeness (QED) is 0.841. The fourth-order valence-electron chi connectivity index (χ4n) is 1.63. The molecule has 6 heteroatoms. The van der Waals surface area contributed by atoms with Gasteiger partial charge in [0, 0.05) is 11.5 Å². The predicted molar refractivity (Wildman–Crippen MR) is 71.4 cm³/mol. The summed E-state index contributed by atoms with van der Waals surface area (Å²) in [7, 11) is 0. The van der Waals surface area contributed by atoms with Crippen molar-refractivity contribution in [2.45, 2.75) is 53.6 Å². The number of Topliss-reactive ketones (excluding diaryl/α,β-unsaturated/α-hetero) is 1. The summed E-state index contributed by atoms with van der Waals surface area (Å²) in [6.07, 6.45) is 1.62. The lowest BCUT2D eigenvalue weighted by Gasteiger charge is -2.19. The second kappa shape index (κ2) is 5.50. The molecule has 19 heavy (non-hydrogen) atoms. The van der Waals surface area contributed by atoms with Crippen LogP contribution in [0.2, 0.25) is 0 Å². The minimum absolute atomic E-state index is 0.197. The van der Waals surface area contributed by atoms with Crippen molar-refractivity contribution in [3.8, 4) is 0 Å². The summed E-state index contributed by atoms with van der Waals surface area (Å²) in [4.78, 5) is 23.7. The van der Waals surface area contributed by atoms with Gasteiger partial charge < -0.3 is 9.88 Å². The van der Waals surface area contributed by atoms with Crippen LogP contribution in [0.15, 0.2) is 6.33 Å². The number of hydrogen-bond donors (Lipinski definition) is 1. The van der Waals surface area contributed by atoms with Crippen molar-refractivity contribution in [1.29, 1.82) is 0 Å². The average Bonchev–Trinajstić information content (AvgIpc) is 2.75. The monoisotopic (exact) mass is 266 g/mol. The van der Waals surface area contributed by atoms with Gasteiger partial charge in [0.25, 0.3) is 5.91 Å². The van der Waals surface area contributed by atoms with E-state index >= 15 is 0 Å². The molecular formula is C13H22N4O2. The van der Waals surface area contributed by atoms with Crippen molar-refractivity contribution in [2.24, 2.45) is 5.41 Å². The third-order valence-corrected chi connectivity index (χ3v) is 2.78. The zero-order chi connectivity index (χ0) is 14.8. The van der Waals surface area contributed by atoms with Crippen LogP contribution in [0.1, 0.15) is 59.5 Å². The van der Waals surface area contributed by atoms with Gasteiger partial charge in [-0.2, -0.15) is 0 Å². The van der Waals surface area contributed by atoms with Crippen LogP contribution >= 0.6 is 0 Å². The number of nitrogens with zero attached hydrogens (tertiary/aromatic N) is 3. The highest BCUT2D eigenvalue weighted by atomic mass is 16.2. The summed E-state index contributed by atoms with van der Waals surface area (Å²) in [5.74, 6) is -0.377. The number of ketones is 1. The van der Waals surface area contributed by atoms with Crippen LogP contribution in [0.25, 0.3) is 0 Å². The molecule has 106 valence electrons. The van der Waals surface area contributed by atoms with Crippen molar-refractivity contribution in [3.63, 3.8) is 0 Å². The van der Waals surface area contributed by atoms with Gasteiger partial charge in [0.05, 0.1) is 6.04 Å². The van der Waals surface area contributed by atoms with E-state index in [1.165, 1.54) is 0 Å². The molecule has 0 spiro atoms. The highest BCUT2D eigenvalue weighted by molar-refractivity contribution is 6.37. The molecule has 0 saturated heterocycles. The first-order chi connectivity index (χ1) is 8.64. The summed E-state index contributed by atoms with van der Waals surface area (Å²) in [5, 5.41) is 10.5. The topological polar surface area (TPSA) is 76.9 Å². The van der Waals surface area contributed by atoms with Gasteiger partial charge in [0.2, 0.25) is 5.78 Å². The van der Waals surface area contributed by atoms with E-state index < -0.39 is 17.1 Å². The molecule has 1 atom stereocenters. The normalized spacial score (nSPS) is 13.4. The van der Waals surface area contributed by atoms with Gasteiger partial charge in [-0.05, 0) is 20.8 Å². The minimum atomic E-state index is -0.685. The van der Waals surface area contributed by atoms with Crippen LogP contribution in [-0.2, 0) is 9.59 Å². The number of nitrogens with one attached hydrogen (secondary N) is 1. The van der Waals surface area contributed by atoms with Crippen LogP contribution in [0.4, 0.5) is 0 Å². The lowest BCUT2D eigenvalue weighted by molar-refractivity contribution is -0.142. The van der Waals surface area contributed by atoms with Crippen molar-refractivity contribution < 1.29 is 9.59 Å². The van der Waals surface area contributed by atoms with E-state index in [1.807, 2.05) is 18.4 Å². The van der Waals surface area contributed by atoms with Gasteiger partial charge in [-0.15, -0.1) is 10.2 Å². The first-order valence-electron chi connectivity index (χ1n) is 6.39. The molecule has 0 aliphatic heterocycles. The van der Waals surface area contributed by atoms with Crippen molar-refractivity contribution in [2.75, 3.05) is 0 Å². The van der Waals surface area contributed by atoms with Gasteiger partial charge in [0.1, 0.15) is 6.33 Å². The molecule has 1 aromatic rings. The smallest absolute Gasteiger partial charge is 0.288 e. The number of rotatable bonds is 4. The number of carbonyl (C=O) groups excluding carboxylic acids is 2. The number of carbonyl (C=O) groups is 2. The average molecular weight is 266 g/mol. The fourth-order valence-corrected chi connectivity index (χ4v) is 1.63. The first kappa shape index (κ1) is 15.3. The van der Waals surface area contributed by atoms with Crippen molar-refractivity contribution in [1.82, 2.24) is 20.1 Å². The van der Waals surface area contributed by atoms with Gasteiger partial charge in [0.15, 0.2) is 5.82 Å². The third-order valence-electron chi connectivity index (χ3n) is 2.78. The van der Waals surface area contributed by atoms with E-state index in [0.29, 0.717) is 5.82 Å². The van der Waals surface area contributed by atoms with Crippen LogP contribution in [0.3, 0.4) is 0 Å². The van der Waals surface area contributed by atoms with E-state index in [0.717, 1.165) is 0 Å². The molecule has 6 nitrogen and oxygen atoms in total. The van der Waals surface area contributed by atoms with Crippen LogP contribution in [0.5, 0.6) is 0 Å². The summed E-state index contributed by atoms with van der Waals surface area (Å²) >= 11 is 0. The highest BCUT2D eigenvalue weighted by Crippen LogP contribution is 2.17. The predicted octanol–water partition coefficient (Wildman–Crippen LogP) is 1.65.